The zero-order valence-corrected chi connectivity index (χ0v) is 17.9. The number of piperazine rings is 1. The Balaban J connectivity index is 1.39. The topological polar surface area (TPSA) is 83.7 Å². The molecule has 1 aliphatic heterocycles. The number of rotatable bonds is 5. The highest BCUT2D eigenvalue weighted by atomic mass is 32.2. The van der Waals surface area contributed by atoms with Crippen LogP contribution in [0.15, 0.2) is 51.1 Å². The minimum absolute atomic E-state index is 0.0818. The lowest BCUT2D eigenvalue weighted by molar-refractivity contribution is -0.131. The van der Waals surface area contributed by atoms with Gasteiger partial charge in [0.15, 0.2) is 0 Å². The van der Waals surface area contributed by atoms with Crippen LogP contribution in [0.5, 0.6) is 0 Å². The molecular weight excluding hydrogens is 429 g/mol. The van der Waals surface area contributed by atoms with Gasteiger partial charge in [0.2, 0.25) is 21.8 Å². The first-order valence-corrected chi connectivity index (χ1v) is 11.7. The average Bonchev–Trinajstić information content (AvgIpc) is 3.38. The van der Waals surface area contributed by atoms with Gasteiger partial charge >= 0.3 is 0 Å². The number of aromatic nitrogens is 1. The largest absolute Gasteiger partial charge is 0.440 e. The number of amides is 1. The Morgan fingerprint density at radius 3 is 2.63 bits per heavy atom. The van der Waals surface area contributed by atoms with E-state index in [0.29, 0.717) is 17.3 Å². The molecule has 10 heteroatoms. The minimum atomic E-state index is -3.79. The molecule has 30 heavy (non-hydrogen) atoms. The monoisotopic (exact) mass is 449 g/mol. The maximum Gasteiger partial charge on any atom is 0.243 e. The smallest absolute Gasteiger partial charge is 0.243 e. The fraction of sp³-hybridized carbons (Fsp3) is 0.300. The van der Waals surface area contributed by atoms with Gasteiger partial charge < -0.3 is 9.32 Å². The lowest BCUT2D eigenvalue weighted by Gasteiger charge is -2.34. The van der Waals surface area contributed by atoms with E-state index in [0.717, 1.165) is 10.9 Å². The third-order valence-electron chi connectivity index (χ3n) is 4.97. The number of sulfonamides is 1. The first kappa shape index (κ1) is 20.7. The summed E-state index contributed by atoms with van der Waals surface area (Å²) in [6.07, 6.45) is 0.0946. The molecule has 0 aliphatic carbocycles. The van der Waals surface area contributed by atoms with Crippen molar-refractivity contribution in [2.24, 2.45) is 0 Å². The van der Waals surface area contributed by atoms with Gasteiger partial charge in [-0.2, -0.15) is 4.31 Å². The van der Waals surface area contributed by atoms with Crippen LogP contribution in [0.25, 0.3) is 10.8 Å². The van der Waals surface area contributed by atoms with Crippen LogP contribution in [0, 0.1) is 12.7 Å². The minimum Gasteiger partial charge on any atom is -0.440 e. The summed E-state index contributed by atoms with van der Waals surface area (Å²) in [5.74, 6) is 0.358. The number of nitrogens with zero attached hydrogens (tertiary/aromatic N) is 3. The molecule has 4 rings (SSSR count). The Hall–Kier alpha value is -2.56. The van der Waals surface area contributed by atoms with E-state index in [4.69, 9.17) is 4.42 Å². The summed E-state index contributed by atoms with van der Waals surface area (Å²) >= 11 is 1.51. The van der Waals surface area contributed by atoms with Gasteiger partial charge in [0.05, 0.1) is 21.9 Å². The summed E-state index contributed by atoms with van der Waals surface area (Å²) in [5.41, 5.74) is 0.582. The van der Waals surface area contributed by atoms with Crippen LogP contribution >= 0.6 is 11.3 Å². The van der Waals surface area contributed by atoms with Gasteiger partial charge in [-0.05, 0) is 36.6 Å². The van der Waals surface area contributed by atoms with Crippen molar-refractivity contribution in [2.45, 2.75) is 18.2 Å². The summed E-state index contributed by atoms with van der Waals surface area (Å²) in [4.78, 5) is 19.6. The Morgan fingerprint density at radius 1 is 1.20 bits per heavy atom. The van der Waals surface area contributed by atoms with Crippen molar-refractivity contribution in [1.29, 1.82) is 0 Å². The summed E-state index contributed by atoms with van der Waals surface area (Å²) in [7, 11) is -3.79. The number of halogens is 1. The zero-order valence-electron chi connectivity index (χ0n) is 16.2. The van der Waals surface area contributed by atoms with E-state index < -0.39 is 15.8 Å². The SMILES string of the molecule is Cc1oc(-c2cccs2)nc1CC(=O)N1CCN(S(=O)(=O)c2cccc(F)c2)CC1. The molecule has 1 aliphatic rings. The second kappa shape index (κ2) is 8.29. The third kappa shape index (κ3) is 4.16. The molecule has 7 nitrogen and oxygen atoms in total. The molecule has 0 atom stereocenters. The van der Waals surface area contributed by atoms with Crippen LogP contribution in [0.2, 0.25) is 0 Å². The number of oxazole rings is 1. The standard InChI is InChI=1S/C20H20FN3O4S2/c1-14-17(22-20(28-14)18-6-3-11-29-18)13-19(25)23-7-9-24(10-8-23)30(26,27)16-5-2-4-15(21)12-16/h2-6,11-12H,7-10,13H2,1H3. The second-order valence-corrected chi connectivity index (χ2v) is 9.80. The molecule has 2 aromatic heterocycles. The Labute approximate surface area is 177 Å². The molecule has 1 saturated heterocycles. The van der Waals surface area contributed by atoms with Crippen LogP contribution in [-0.2, 0) is 21.2 Å². The normalized spacial score (nSPS) is 15.5. The fourth-order valence-electron chi connectivity index (χ4n) is 3.31. The number of hydrogen-bond donors (Lipinski definition) is 0. The van der Waals surface area contributed by atoms with Crippen molar-refractivity contribution in [2.75, 3.05) is 26.2 Å². The van der Waals surface area contributed by atoms with Crippen LogP contribution in [0.4, 0.5) is 4.39 Å². The number of carbonyl (C=O) groups is 1. The lowest BCUT2D eigenvalue weighted by Crippen LogP contribution is -2.50. The van der Waals surface area contributed by atoms with E-state index in [1.54, 1.807) is 11.8 Å². The molecule has 3 aromatic rings. The summed E-state index contributed by atoms with van der Waals surface area (Å²) in [6.45, 7) is 2.62. The maximum atomic E-state index is 13.4. The number of benzene rings is 1. The highest BCUT2D eigenvalue weighted by Crippen LogP contribution is 2.26. The molecule has 158 valence electrons. The molecule has 1 aromatic carbocycles. The number of carbonyl (C=O) groups excluding carboxylic acids is 1. The van der Waals surface area contributed by atoms with Gasteiger partial charge in [0.25, 0.3) is 0 Å². The van der Waals surface area contributed by atoms with E-state index in [-0.39, 0.29) is 43.4 Å². The van der Waals surface area contributed by atoms with Crippen molar-refractivity contribution in [1.82, 2.24) is 14.2 Å². The summed E-state index contributed by atoms with van der Waals surface area (Å²) in [5, 5.41) is 1.93. The lowest BCUT2D eigenvalue weighted by atomic mass is 10.2. The van der Waals surface area contributed by atoms with Crippen molar-refractivity contribution < 1.29 is 22.0 Å². The van der Waals surface area contributed by atoms with Gasteiger partial charge in [0, 0.05) is 26.2 Å². The molecule has 0 spiro atoms. The molecule has 3 heterocycles. The fourth-order valence-corrected chi connectivity index (χ4v) is 5.41. The van der Waals surface area contributed by atoms with Gasteiger partial charge in [0.1, 0.15) is 11.6 Å². The Morgan fingerprint density at radius 2 is 1.97 bits per heavy atom. The molecular formula is C20H20FN3O4S2. The van der Waals surface area contributed by atoms with E-state index in [1.807, 2.05) is 17.5 Å². The summed E-state index contributed by atoms with van der Waals surface area (Å²) in [6, 6.07) is 8.75. The second-order valence-electron chi connectivity index (χ2n) is 6.92. The molecule has 0 radical (unpaired) electrons. The van der Waals surface area contributed by atoms with Crippen molar-refractivity contribution >= 4 is 27.3 Å². The van der Waals surface area contributed by atoms with Crippen molar-refractivity contribution in [3.05, 3.63) is 59.0 Å². The Kier molecular flexibility index (Phi) is 5.72. The first-order valence-electron chi connectivity index (χ1n) is 9.38. The zero-order chi connectivity index (χ0) is 21.3. The highest BCUT2D eigenvalue weighted by Gasteiger charge is 2.30. The van der Waals surface area contributed by atoms with Crippen LogP contribution in [0.3, 0.4) is 0 Å². The van der Waals surface area contributed by atoms with E-state index >= 15 is 0 Å². The first-order chi connectivity index (χ1) is 14.3. The maximum absolute atomic E-state index is 13.4. The molecule has 1 fully saturated rings. The highest BCUT2D eigenvalue weighted by molar-refractivity contribution is 7.89. The average molecular weight is 450 g/mol. The third-order valence-corrected chi connectivity index (χ3v) is 7.72. The predicted octanol–water partition coefficient (Wildman–Crippen LogP) is 2.93. The molecule has 0 saturated carbocycles. The van der Waals surface area contributed by atoms with Gasteiger partial charge in [-0.3, -0.25) is 4.79 Å². The van der Waals surface area contributed by atoms with E-state index in [9.17, 15) is 17.6 Å². The van der Waals surface area contributed by atoms with Gasteiger partial charge in [-0.15, -0.1) is 11.3 Å². The predicted molar refractivity (Wildman–Crippen MR) is 110 cm³/mol. The van der Waals surface area contributed by atoms with Crippen LogP contribution in [-0.4, -0.2) is 54.7 Å². The number of hydrogen-bond acceptors (Lipinski definition) is 6. The molecule has 1 amide bonds. The van der Waals surface area contributed by atoms with Crippen LogP contribution in [0.1, 0.15) is 11.5 Å². The van der Waals surface area contributed by atoms with Crippen LogP contribution < -0.4 is 0 Å². The van der Waals surface area contributed by atoms with Crippen molar-refractivity contribution in [3.8, 4) is 10.8 Å². The van der Waals surface area contributed by atoms with Crippen molar-refractivity contribution in [3.63, 3.8) is 0 Å². The number of thiophene rings is 1. The molecule has 0 bridgehead atoms. The number of aryl methyl sites for hydroxylation is 1. The van der Waals surface area contributed by atoms with E-state index in [1.165, 1.54) is 33.8 Å². The quantitative estimate of drug-likeness (QED) is 0.598. The molecule has 0 unspecified atom stereocenters. The molecule has 0 N–H and O–H groups in total. The van der Waals surface area contributed by atoms with Gasteiger partial charge in [-0.25, -0.2) is 17.8 Å². The van der Waals surface area contributed by atoms with Gasteiger partial charge in [-0.1, -0.05) is 12.1 Å². The Bertz CT molecular complexity index is 1150. The summed E-state index contributed by atoms with van der Waals surface area (Å²) < 4.78 is 45.8. The van der Waals surface area contributed by atoms with E-state index in [2.05, 4.69) is 4.98 Å².